The fourth-order valence-electron chi connectivity index (χ4n) is 3.06. The van der Waals surface area contributed by atoms with Crippen LogP contribution in [0.5, 0.6) is 11.6 Å². The maximum absolute atomic E-state index is 13.4. The van der Waals surface area contributed by atoms with E-state index in [4.69, 9.17) is 9.52 Å². The minimum atomic E-state index is -4.83. The number of nitrogens with one attached hydrogen (secondary N) is 2. The summed E-state index contributed by atoms with van der Waals surface area (Å²) in [4.78, 5) is 13.2. The van der Waals surface area contributed by atoms with Gasteiger partial charge in [0.1, 0.15) is 11.3 Å². The first-order valence-electron chi connectivity index (χ1n) is 9.76. The molecule has 2 aromatic carbocycles. The molecule has 0 saturated heterocycles. The number of amides is 1. The van der Waals surface area contributed by atoms with Gasteiger partial charge in [0, 0.05) is 16.8 Å². The van der Waals surface area contributed by atoms with Crippen LogP contribution < -0.4 is 10.1 Å². The number of benzene rings is 2. The second-order valence-electron chi connectivity index (χ2n) is 7.28. The van der Waals surface area contributed by atoms with Gasteiger partial charge in [0.25, 0.3) is 11.8 Å². The highest BCUT2D eigenvalue weighted by atomic mass is 32.2. The number of carbonyl (C=O) groups is 1. The number of hydrogen-bond acceptors (Lipinski definition) is 6. The molecule has 7 nitrogen and oxygen atoms in total. The molecule has 1 atom stereocenters. The molecule has 0 radical (unpaired) electrons. The van der Waals surface area contributed by atoms with Crippen LogP contribution in [-0.2, 0) is 22.3 Å². The van der Waals surface area contributed by atoms with Crippen molar-refractivity contribution in [2.75, 3.05) is 11.6 Å². The Morgan fingerprint density at radius 3 is 2.48 bits per heavy atom. The molecule has 2 N–H and O–H groups in total. The molecule has 0 bridgehead atoms. The number of nitrogens with zero attached hydrogens (tertiary/aromatic N) is 2. The van der Waals surface area contributed by atoms with Crippen LogP contribution in [0.15, 0.2) is 53.4 Å². The van der Waals surface area contributed by atoms with Gasteiger partial charge >= 0.3 is 6.18 Å². The van der Waals surface area contributed by atoms with Crippen molar-refractivity contribution in [1.29, 1.82) is 4.78 Å². The standard InChI is InChI=1S/C22H21F3N4O3S/c1-4-14-7-5-9-16(11-14)32-21-18(13(2)19(28-29-21)22(23,24)25)20(30)27-15-8-6-10-17(12-15)33(3,26)31/h5-12,26H,4H2,1-3H3,(H,27,30). The quantitative estimate of drug-likeness (QED) is 0.490. The number of halogens is 3. The minimum absolute atomic E-state index is 0.156. The van der Waals surface area contributed by atoms with Crippen LogP contribution in [0.4, 0.5) is 18.9 Å². The summed E-state index contributed by atoms with van der Waals surface area (Å²) < 4.78 is 65.7. The third kappa shape index (κ3) is 5.67. The Hall–Kier alpha value is -3.47. The zero-order valence-corrected chi connectivity index (χ0v) is 18.8. The lowest BCUT2D eigenvalue weighted by atomic mass is 10.1. The highest BCUT2D eigenvalue weighted by Gasteiger charge is 2.38. The molecule has 0 aliphatic rings. The Kier molecular flexibility index (Phi) is 6.73. The summed E-state index contributed by atoms with van der Waals surface area (Å²) in [5.41, 5.74) is -1.12. The van der Waals surface area contributed by atoms with Gasteiger partial charge in [0.05, 0.1) is 9.73 Å². The van der Waals surface area contributed by atoms with Crippen LogP contribution in [0.1, 0.15) is 34.1 Å². The van der Waals surface area contributed by atoms with Crippen molar-refractivity contribution in [2.24, 2.45) is 0 Å². The van der Waals surface area contributed by atoms with Gasteiger partial charge in [-0.2, -0.15) is 13.2 Å². The Balaban J connectivity index is 2.06. The fraction of sp³-hybridized carbons (Fsp3) is 0.227. The molecule has 33 heavy (non-hydrogen) atoms. The monoisotopic (exact) mass is 478 g/mol. The zero-order valence-electron chi connectivity index (χ0n) is 18.0. The predicted octanol–water partition coefficient (Wildman–Crippen LogP) is 5.45. The molecule has 0 fully saturated rings. The summed E-state index contributed by atoms with van der Waals surface area (Å²) in [5.74, 6) is -1.01. The number of ether oxygens (including phenoxy) is 1. The normalized spacial score (nSPS) is 13.3. The van der Waals surface area contributed by atoms with E-state index in [2.05, 4.69) is 15.5 Å². The molecule has 1 heterocycles. The Bertz CT molecular complexity index is 1310. The molecular formula is C22H21F3N4O3S. The van der Waals surface area contributed by atoms with E-state index in [0.717, 1.165) is 12.5 Å². The topological polar surface area (TPSA) is 105 Å². The minimum Gasteiger partial charge on any atom is -0.437 e. The number of aryl methyl sites for hydroxylation is 1. The van der Waals surface area contributed by atoms with Crippen LogP contribution in [0.25, 0.3) is 0 Å². The molecule has 1 amide bonds. The van der Waals surface area contributed by atoms with E-state index in [1.165, 1.54) is 30.5 Å². The molecule has 3 rings (SSSR count). The van der Waals surface area contributed by atoms with Crippen molar-refractivity contribution in [3.8, 4) is 11.6 Å². The van der Waals surface area contributed by atoms with Crippen LogP contribution >= 0.6 is 0 Å². The first kappa shape index (κ1) is 24.2. The molecule has 0 spiro atoms. The number of rotatable bonds is 6. The Morgan fingerprint density at radius 2 is 1.85 bits per heavy atom. The van der Waals surface area contributed by atoms with Crippen molar-refractivity contribution in [3.05, 3.63) is 70.9 Å². The predicted molar refractivity (Wildman–Crippen MR) is 117 cm³/mol. The molecule has 0 aliphatic heterocycles. The lowest BCUT2D eigenvalue weighted by Gasteiger charge is -2.16. The smallest absolute Gasteiger partial charge is 0.435 e. The maximum atomic E-state index is 13.4. The third-order valence-electron chi connectivity index (χ3n) is 4.74. The van der Waals surface area contributed by atoms with Crippen molar-refractivity contribution in [1.82, 2.24) is 10.2 Å². The van der Waals surface area contributed by atoms with E-state index in [0.29, 0.717) is 12.2 Å². The number of hydrogen-bond donors (Lipinski definition) is 2. The van der Waals surface area contributed by atoms with Gasteiger partial charge in [0.2, 0.25) is 0 Å². The average Bonchev–Trinajstić information content (AvgIpc) is 2.72. The van der Waals surface area contributed by atoms with E-state index in [-0.39, 0.29) is 16.5 Å². The molecule has 11 heteroatoms. The highest BCUT2D eigenvalue weighted by molar-refractivity contribution is 7.91. The summed E-state index contributed by atoms with van der Waals surface area (Å²) in [5, 5.41) is 9.27. The lowest BCUT2D eigenvalue weighted by Crippen LogP contribution is -2.21. The van der Waals surface area contributed by atoms with E-state index in [1.807, 2.05) is 13.0 Å². The van der Waals surface area contributed by atoms with Crippen LogP contribution in [-0.4, -0.2) is 26.6 Å². The van der Waals surface area contributed by atoms with Gasteiger partial charge < -0.3 is 10.1 Å². The van der Waals surface area contributed by atoms with Crippen molar-refractivity contribution in [3.63, 3.8) is 0 Å². The summed E-state index contributed by atoms with van der Waals surface area (Å²) in [6, 6.07) is 12.6. The second-order valence-corrected chi connectivity index (χ2v) is 9.44. The first-order valence-corrected chi connectivity index (χ1v) is 11.7. The lowest BCUT2D eigenvalue weighted by molar-refractivity contribution is -0.142. The SMILES string of the molecule is CCc1cccc(Oc2nnc(C(F)(F)F)c(C)c2C(=O)Nc2cccc(S(C)(=N)=O)c2)c1. The van der Waals surface area contributed by atoms with Crippen LogP contribution in [0, 0.1) is 11.7 Å². The highest BCUT2D eigenvalue weighted by Crippen LogP contribution is 2.35. The molecule has 0 saturated carbocycles. The Morgan fingerprint density at radius 1 is 1.15 bits per heavy atom. The number of carbonyl (C=O) groups excluding carboxylic acids is 1. The summed E-state index contributed by atoms with van der Waals surface area (Å²) >= 11 is 0. The van der Waals surface area contributed by atoms with Gasteiger partial charge in [-0.1, -0.05) is 25.1 Å². The van der Waals surface area contributed by atoms with Crippen LogP contribution in [0.2, 0.25) is 0 Å². The summed E-state index contributed by atoms with van der Waals surface area (Å²) in [7, 11) is -3.06. The second kappa shape index (κ2) is 9.18. The first-order chi connectivity index (χ1) is 15.4. The fourth-order valence-corrected chi connectivity index (χ4v) is 3.75. The average molecular weight is 478 g/mol. The molecule has 0 aliphatic carbocycles. The Labute approximate surface area is 189 Å². The maximum Gasteiger partial charge on any atom is 0.435 e. The largest absolute Gasteiger partial charge is 0.437 e. The van der Waals surface area contributed by atoms with Crippen molar-refractivity contribution in [2.45, 2.75) is 31.3 Å². The molecular weight excluding hydrogens is 457 g/mol. The third-order valence-corrected chi connectivity index (χ3v) is 5.90. The van der Waals surface area contributed by atoms with Gasteiger partial charge in [-0.3, -0.25) is 4.79 Å². The van der Waals surface area contributed by atoms with E-state index in [1.54, 1.807) is 18.2 Å². The molecule has 1 aromatic heterocycles. The van der Waals surface area contributed by atoms with Crippen molar-refractivity contribution < 1.29 is 26.9 Å². The number of aromatic nitrogens is 2. The van der Waals surface area contributed by atoms with Gasteiger partial charge in [0.15, 0.2) is 5.69 Å². The van der Waals surface area contributed by atoms with Gasteiger partial charge in [-0.05, 0) is 54.8 Å². The van der Waals surface area contributed by atoms with E-state index in [9.17, 15) is 22.2 Å². The molecule has 1 unspecified atom stereocenters. The number of anilines is 1. The molecule has 174 valence electrons. The zero-order chi connectivity index (χ0) is 24.4. The van der Waals surface area contributed by atoms with E-state index < -0.39 is 38.6 Å². The number of alkyl halides is 3. The van der Waals surface area contributed by atoms with Gasteiger partial charge in [-0.25, -0.2) is 8.99 Å². The van der Waals surface area contributed by atoms with E-state index >= 15 is 0 Å². The summed E-state index contributed by atoms with van der Waals surface area (Å²) in [6.07, 6.45) is -2.91. The summed E-state index contributed by atoms with van der Waals surface area (Å²) in [6.45, 7) is 3.04. The van der Waals surface area contributed by atoms with Gasteiger partial charge in [-0.15, -0.1) is 10.2 Å². The molecule has 3 aromatic rings. The van der Waals surface area contributed by atoms with Crippen LogP contribution in [0.3, 0.4) is 0 Å². The van der Waals surface area contributed by atoms with Crippen molar-refractivity contribution >= 4 is 21.3 Å².